The van der Waals surface area contributed by atoms with Crippen molar-refractivity contribution < 1.29 is 36.3 Å². The van der Waals surface area contributed by atoms with Gasteiger partial charge in [0.1, 0.15) is 12.6 Å². The highest BCUT2D eigenvalue weighted by Crippen LogP contribution is 2.12. The smallest absolute Gasteiger partial charge is 0.402 e. The largest absolute Gasteiger partial charge is 0.480 e. The summed E-state index contributed by atoms with van der Waals surface area (Å²) in [6, 6.07) is -1.94. The monoisotopic (exact) mass is 293 g/mol. The lowest BCUT2D eigenvalue weighted by Gasteiger charge is -2.14. The normalized spacial score (nSPS) is 14.2. The molecule has 106 valence electrons. The summed E-state index contributed by atoms with van der Waals surface area (Å²) in [5.41, 5.74) is 4.66. The summed E-state index contributed by atoms with van der Waals surface area (Å²) in [5.74, 6) is -2.87. The third kappa shape index (κ3) is 7.81. The standard InChI is InChI=1S/C6H10F3N3O5S/c7-6(8,9)2-11-18(16,17)12-3(5(14)15)1-4(10)13/h3,11-12H,1-2H2,(H2,10,13)(H,14,15). The van der Waals surface area contributed by atoms with Crippen LogP contribution in [0.5, 0.6) is 0 Å². The molecule has 1 amide bonds. The first-order valence-electron chi connectivity index (χ1n) is 4.28. The maximum Gasteiger partial charge on any atom is 0.402 e. The predicted molar refractivity (Wildman–Crippen MR) is 51.3 cm³/mol. The number of carbonyl (C=O) groups excluding carboxylic acids is 1. The van der Waals surface area contributed by atoms with Crippen molar-refractivity contribution in [3.63, 3.8) is 0 Å². The molecule has 0 rings (SSSR count). The summed E-state index contributed by atoms with van der Waals surface area (Å²) in [6.45, 7) is -1.87. The number of carboxylic acids is 1. The van der Waals surface area contributed by atoms with Gasteiger partial charge in [-0.3, -0.25) is 9.59 Å². The van der Waals surface area contributed by atoms with Crippen molar-refractivity contribution in [1.29, 1.82) is 0 Å². The van der Waals surface area contributed by atoms with Crippen LogP contribution in [0.3, 0.4) is 0 Å². The van der Waals surface area contributed by atoms with Crippen LogP contribution in [0.4, 0.5) is 13.2 Å². The topological polar surface area (TPSA) is 139 Å². The zero-order chi connectivity index (χ0) is 14.6. The average molecular weight is 293 g/mol. The molecular weight excluding hydrogens is 283 g/mol. The zero-order valence-electron chi connectivity index (χ0n) is 8.69. The van der Waals surface area contributed by atoms with Gasteiger partial charge in [0.2, 0.25) is 5.91 Å². The SMILES string of the molecule is NC(=O)CC(NS(=O)(=O)NCC(F)(F)F)C(=O)O. The van der Waals surface area contributed by atoms with E-state index >= 15 is 0 Å². The van der Waals surface area contributed by atoms with Crippen LogP contribution in [-0.4, -0.2) is 44.2 Å². The average Bonchev–Trinajstić information content (AvgIpc) is 2.11. The highest BCUT2D eigenvalue weighted by Gasteiger charge is 2.31. The fourth-order valence-corrected chi connectivity index (χ4v) is 1.78. The minimum atomic E-state index is -4.79. The van der Waals surface area contributed by atoms with Crippen molar-refractivity contribution >= 4 is 22.1 Å². The molecule has 0 saturated carbocycles. The van der Waals surface area contributed by atoms with E-state index in [0.717, 1.165) is 4.72 Å². The van der Waals surface area contributed by atoms with Crippen LogP contribution in [-0.2, 0) is 19.8 Å². The summed E-state index contributed by atoms with van der Waals surface area (Å²) >= 11 is 0. The van der Waals surface area contributed by atoms with Gasteiger partial charge in [-0.05, 0) is 0 Å². The van der Waals surface area contributed by atoms with Crippen LogP contribution in [0.25, 0.3) is 0 Å². The Morgan fingerprint density at radius 1 is 1.33 bits per heavy atom. The molecule has 0 radical (unpaired) electrons. The van der Waals surface area contributed by atoms with Gasteiger partial charge in [0.05, 0.1) is 6.42 Å². The van der Waals surface area contributed by atoms with Gasteiger partial charge in [0, 0.05) is 0 Å². The highest BCUT2D eigenvalue weighted by atomic mass is 32.2. The molecule has 0 aromatic carbocycles. The summed E-state index contributed by atoms with van der Waals surface area (Å²) in [5, 5.41) is 8.53. The number of carbonyl (C=O) groups is 2. The second-order valence-corrected chi connectivity index (χ2v) is 4.65. The van der Waals surface area contributed by atoms with Crippen molar-refractivity contribution in [2.45, 2.75) is 18.6 Å². The second-order valence-electron chi connectivity index (χ2n) is 3.12. The van der Waals surface area contributed by atoms with Gasteiger partial charge in [-0.2, -0.15) is 31.0 Å². The van der Waals surface area contributed by atoms with Crippen LogP contribution in [0.1, 0.15) is 6.42 Å². The molecule has 5 N–H and O–H groups in total. The minimum Gasteiger partial charge on any atom is -0.480 e. The number of hydrogen-bond donors (Lipinski definition) is 4. The molecule has 0 bridgehead atoms. The van der Waals surface area contributed by atoms with Crippen molar-refractivity contribution in [3.05, 3.63) is 0 Å². The van der Waals surface area contributed by atoms with Crippen molar-refractivity contribution in [2.75, 3.05) is 6.54 Å². The van der Waals surface area contributed by atoms with E-state index in [1.54, 1.807) is 0 Å². The Bertz CT molecular complexity index is 421. The molecule has 1 unspecified atom stereocenters. The van der Waals surface area contributed by atoms with Crippen LogP contribution < -0.4 is 15.2 Å². The third-order valence-electron chi connectivity index (χ3n) is 1.46. The molecule has 0 aliphatic carbocycles. The molecule has 0 heterocycles. The maximum atomic E-state index is 11.7. The van der Waals surface area contributed by atoms with Crippen LogP contribution in [0.15, 0.2) is 0 Å². The Morgan fingerprint density at radius 2 is 1.83 bits per heavy atom. The lowest BCUT2D eigenvalue weighted by Crippen LogP contribution is -2.49. The molecule has 0 aromatic heterocycles. The molecule has 0 saturated heterocycles. The van der Waals surface area contributed by atoms with Crippen LogP contribution in [0.2, 0.25) is 0 Å². The Balaban J connectivity index is 4.62. The van der Waals surface area contributed by atoms with Crippen molar-refractivity contribution in [1.82, 2.24) is 9.44 Å². The Hall–Kier alpha value is -1.40. The van der Waals surface area contributed by atoms with Gasteiger partial charge in [0.25, 0.3) is 10.2 Å². The van der Waals surface area contributed by atoms with Gasteiger partial charge in [-0.1, -0.05) is 0 Å². The lowest BCUT2D eigenvalue weighted by molar-refractivity contribution is -0.140. The maximum absolute atomic E-state index is 11.7. The number of alkyl halides is 3. The zero-order valence-corrected chi connectivity index (χ0v) is 9.51. The van der Waals surface area contributed by atoms with Crippen molar-refractivity contribution in [3.8, 4) is 0 Å². The van der Waals surface area contributed by atoms with E-state index in [1.807, 2.05) is 0 Å². The van der Waals surface area contributed by atoms with Gasteiger partial charge in [-0.15, -0.1) is 0 Å². The highest BCUT2D eigenvalue weighted by molar-refractivity contribution is 7.87. The number of aliphatic carboxylic acids is 1. The fourth-order valence-electron chi connectivity index (χ4n) is 0.786. The van der Waals surface area contributed by atoms with Gasteiger partial charge in [-0.25, -0.2) is 0 Å². The third-order valence-corrected chi connectivity index (χ3v) is 2.58. The van der Waals surface area contributed by atoms with E-state index in [4.69, 9.17) is 5.11 Å². The molecule has 0 spiro atoms. The molecule has 0 fully saturated rings. The summed E-state index contributed by atoms with van der Waals surface area (Å²) in [7, 11) is -4.71. The molecule has 12 heteroatoms. The fraction of sp³-hybridized carbons (Fsp3) is 0.667. The first-order valence-corrected chi connectivity index (χ1v) is 5.76. The number of hydrogen-bond acceptors (Lipinski definition) is 4. The summed E-state index contributed by atoms with van der Waals surface area (Å²) in [6.07, 6.45) is -5.68. The summed E-state index contributed by atoms with van der Waals surface area (Å²) < 4.78 is 59.7. The molecule has 0 aliphatic heterocycles. The van der Waals surface area contributed by atoms with E-state index in [2.05, 4.69) is 5.73 Å². The Labute approximate surface area is 99.5 Å². The number of primary amides is 1. The second kappa shape index (κ2) is 5.97. The number of amides is 1. The predicted octanol–water partition coefficient (Wildman–Crippen LogP) is -1.70. The van der Waals surface area contributed by atoms with E-state index in [1.165, 1.54) is 4.72 Å². The van der Waals surface area contributed by atoms with E-state index in [0.29, 0.717) is 0 Å². The van der Waals surface area contributed by atoms with Crippen molar-refractivity contribution in [2.24, 2.45) is 5.73 Å². The van der Waals surface area contributed by atoms with E-state index < -0.39 is 47.3 Å². The van der Waals surface area contributed by atoms with E-state index in [9.17, 15) is 31.2 Å². The minimum absolute atomic E-state index is 0.887. The first kappa shape index (κ1) is 16.6. The molecule has 1 atom stereocenters. The van der Waals surface area contributed by atoms with Crippen LogP contribution in [0, 0.1) is 0 Å². The Kier molecular flexibility index (Phi) is 5.51. The molecule has 8 nitrogen and oxygen atoms in total. The lowest BCUT2D eigenvalue weighted by atomic mass is 10.2. The first-order chi connectivity index (χ1) is 7.93. The molecule has 0 aromatic rings. The van der Waals surface area contributed by atoms with Gasteiger partial charge < -0.3 is 10.8 Å². The number of halogens is 3. The molecule has 18 heavy (non-hydrogen) atoms. The Morgan fingerprint density at radius 3 is 2.17 bits per heavy atom. The molecular formula is C6H10F3N3O5S. The summed E-state index contributed by atoms with van der Waals surface area (Å²) in [4.78, 5) is 21.0. The van der Waals surface area contributed by atoms with E-state index in [-0.39, 0.29) is 0 Å². The van der Waals surface area contributed by atoms with Crippen LogP contribution >= 0.6 is 0 Å². The van der Waals surface area contributed by atoms with Gasteiger partial charge in [0.15, 0.2) is 0 Å². The number of nitrogens with two attached hydrogens (primary N) is 1. The molecule has 0 aliphatic rings. The van der Waals surface area contributed by atoms with Gasteiger partial charge >= 0.3 is 12.1 Å². The number of carboxylic acid groups (broad SMARTS) is 1. The number of rotatable bonds is 7. The quantitative estimate of drug-likeness (QED) is 0.443. The number of nitrogens with one attached hydrogen (secondary N) is 2.